The molecule has 7 heteroatoms. The van der Waals surface area contributed by atoms with Crippen molar-refractivity contribution in [2.75, 3.05) is 5.32 Å². The molecule has 0 aliphatic heterocycles. The lowest BCUT2D eigenvalue weighted by molar-refractivity contribution is 0.250. The molecule has 0 saturated heterocycles. The van der Waals surface area contributed by atoms with Crippen molar-refractivity contribution >= 4 is 34.5 Å². The van der Waals surface area contributed by atoms with Gasteiger partial charge in [-0.25, -0.2) is 4.98 Å². The SMILES string of the molecule is Cc1ccc(Nc2ncc([C@H](N[S@+]([O-])C(C)(C)C)C3CCC3)cc2Cl)cn1. The summed E-state index contributed by atoms with van der Waals surface area (Å²) in [7, 11) is 0. The molecule has 0 amide bonds. The van der Waals surface area contributed by atoms with Crippen LogP contribution < -0.4 is 10.0 Å². The van der Waals surface area contributed by atoms with Gasteiger partial charge in [-0.3, -0.25) is 4.98 Å². The second-order valence-electron chi connectivity index (χ2n) is 8.08. The largest absolute Gasteiger partial charge is 0.598 e. The monoisotopic (exact) mass is 406 g/mol. The standard InChI is InChI=1S/C20H27ClN4OS/c1-13-8-9-16(12-22-13)24-19-17(21)10-15(11-23-19)18(14-6-5-7-14)25-27(26)20(2,3)4/h8-12,14,18,25H,5-7H2,1-4H3,(H,23,24)/t18-,27-/m1/s1. The molecule has 0 radical (unpaired) electrons. The lowest BCUT2D eigenvalue weighted by Gasteiger charge is -2.36. The van der Waals surface area contributed by atoms with Gasteiger partial charge in [-0.2, -0.15) is 0 Å². The number of hydrogen-bond donors (Lipinski definition) is 2. The average molecular weight is 407 g/mol. The van der Waals surface area contributed by atoms with E-state index in [4.69, 9.17) is 11.6 Å². The topological polar surface area (TPSA) is 72.9 Å². The second kappa shape index (κ2) is 8.35. The van der Waals surface area contributed by atoms with Gasteiger partial charge in [0.15, 0.2) is 0 Å². The molecule has 5 nitrogen and oxygen atoms in total. The number of pyridine rings is 2. The molecule has 0 aromatic carbocycles. The molecule has 3 rings (SSSR count). The summed E-state index contributed by atoms with van der Waals surface area (Å²) in [6, 6.07) is 5.80. The third-order valence-electron chi connectivity index (χ3n) is 4.81. The molecule has 2 N–H and O–H groups in total. The summed E-state index contributed by atoms with van der Waals surface area (Å²) in [6.07, 6.45) is 7.06. The molecule has 0 spiro atoms. The molecule has 27 heavy (non-hydrogen) atoms. The van der Waals surface area contributed by atoms with Crippen LogP contribution in [0.25, 0.3) is 0 Å². The Morgan fingerprint density at radius 3 is 2.48 bits per heavy atom. The Bertz CT molecular complexity index is 775. The van der Waals surface area contributed by atoms with Crippen molar-refractivity contribution in [1.29, 1.82) is 0 Å². The molecule has 2 heterocycles. The van der Waals surface area contributed by atoms with Gasteiger partial charge in [0.1, 0.15) is 10.6 Å². The van der Waals surface area contributed by atoms with Crippen molar-refractivity contribution in [3.05, 3.63) is 46.9 Å². The van der Waals surface area contributed by atoms with Crippen LogP contribution in [0, 0.1) is 12.8 Å². The van der Waals surface area contributed by atoms with Gasteiger partial charge in [0, 0.05) is 23.3 Å². The lowest BCUT2D eigenvalue weighted by Crippen LogP contribution is -2.44. The Balaban J connectivity index is 1.79. The van der Waals surface area contributed by atoms with E-state index < -0.39 is 11.4 Å². The van der Waals surface area contributed by atoms with E-state index in [0.29, 0.717) is 16.8 Å². The number of anilines is 2. The molecular weight excluding hydrogens is 380 g/mol. The Morgan fingerprint density at radius 2 is 1.96 bits per heavy atom. The molecule has 1 fully saturated rings. The van der Waals surface area contributed by atoms with Crippen LogP contribution in [-0.2, 0) is 11.4 Å². The van der Waals surface area contributed by atoms with Gasteiger partial charge in [-0.15, -0.1) is 4.72 Å². The van der Waals surface area contributed by atoms with E-state index >= 15 is 0 Å². The average Bonchev–Trinajstić information content (AvgIpc) is 2.55. The summed E-state index contributed by atoms with van der Waals surface area (Å²) in [5, 5.41) is 3.74. The third-order valence-corrected chi connectivity index (χ3v) is 6.68. The summed E-state index contributed by atoms with van der Waals surface area (Å²) >= 11 is 5.35. The van der Waals surface area contributed by atoms with Gasteiger partial charge in [0.2, 0.25) is 0 Å². The van der Waals surface area contributed by atoms with Crippen LogP contribution in [0.15, 0.2) is 30.6 Å². The van der Waals surface area contributed by atoms with E-state index in [9.17, 15) is 4.55 Å². The lowest BCUT2D eigenvalue weighted by atomic mass is 9.78. The highest BCUT2D eigenvalue weighted by molar-refractivity contribution is 7.90. The van der Waals surface area contributed by atoms with Crippen LogP contribution in [0.4, 0.5) is 11.5 Å². The van der Waals surface area contributed by atoms with Crippen molar-refractivity contribution in [1.82, 2.24) is 14.7 Å². The summed E-state index contributed by atoms with van der Waals surface area (Å²) in [4.78, 5) is 8.79. The zero-order chi connectivity index (χ0) is 19.6. The normalized spacial score (nSPS) is 17.3. The molecular formula is C20H27ClN4OS. The molecule has 0 bridgehead atoms. The van der Waals surface area contributed by atoms with Gasteiger partial charge in [-0.05, 0) is 70.2 Å². The fraction of sp³-hybridized carbons (Fsp3) is 0.500. The second-order valence-corrected chi connectivity index (χ2v) is 10.5. The number of nitrogens with zero attached hydrogens (tertiary/aromatic N) is 2. The maximum absolute atomic E-state index is 12.6. The Kier molecular flexibility index (Phi) is 6.31. The minimum Gasteiger partial charge on any atom is -0.598 e. The minimum atomic E-state index is -1.15. The summed E-state index contributed by atoms with van der Waals surface area (Å²) in [6.45, 7) is 7.87. The van der Waals surface area contributed by atoms with Crippen LogP contribution in [-0.4, -0.2) is 19.3 Å². The number of rotatable bonds is 6. The van der Waals surface area contributed by atoms with E-state index in [1.165, 1.54) is 6.42 Å². The predicted octanol–water partition coefficient (Wildman–Crippen LogP) is 5.08. The molecule has 2 aromatic heterocycles. The fourth-order valence-electron chi connectivity index (χ4n) is 2.89. The van der Waals surface area contributed by atoms with Crippen LogP contribution in [0.2, 0.25) is 5.02 Å². The van der Waals surface area contributed by atoms with Crippen LogP contribution in [0.1, 0.15) is 57.3 Å². The first kappa shape index (κ1) is 20.4. The number of halogens is 1. The first-order valence-electron chi connectivity index (χ1n) is 9.27. The fourth-order valence-corrected chi connectivity index (χ4v) is 4.03. The quantitative estimate of drug-likeness (QED) is 0.654. The van der Waals surface area contributed by atoms with Gasteiger partial charge in [0.05, 0.1) is 22.9 Å². The van der Waals surface area contributed by atoms with Crippen molar-refractivity contribution in [2.45, 2.75) is 57.7 Å². The maximum Gasteiger partial charge on any atom is 0.149 e. The maximum atomic E-state index is 12.6. The number of aromatic nitrogens is 2. The third kappa shape index (κ3) is 5.13. The highest BCUT2D eigenvalue weighted by Gasteiger charge is 2.36. The molecule has 1 aliphatic rings. The number of aryl methyl sites for hydroxylation is 1. The molecule has 2 aromatic rings. The highest BCUT2D eigenvalue weighted by Crippen LogP contribution is 2.40. The van der Waals surface area contributed by atoms with Crippen molar-refractivity contribution < 1.29 is 4.55 Å². The highest BCUT2D eigenvalue weighted by atomic mass is 35.5. The predicted molar refractivity (Wildman–Crippen MR) is 113 cm³/mol. The molecule has 146 valence electrons. The van der Waals surface area contributed by atoms with E-state index in [1.807, 2.05) is 52.1 Å². The molecule has 2 atom stereocenters. The Morgan fingerprint density at radius 1 is 1.22 bits per heavy atom. The van der Waals surface area contributed by atoms with Crippen molar-refractivity contribution in [2.24, 2.45) is 5.92 Å². The Labute approximate surface area is 169 Å². The van der Waals surface area contributed by atoms with E-state index in [2.05, 4.69) is 20.0 Å². The molecule has 0 unspecified atom stereocenters. The molecule has 1 saturated carbocycles. The van der Waals surface area contributed by atoms with Crippen LogP contribution >= 0.6 is 11.6 Å². The van der Waals surface area contributed by atoms with Gasteiger partial charge in [0.25, 0.3) is 0 Å². The van der Waals surface area contributed by atoms with Crippen LogP contribution in [0.3, 0.4) is 0 Å². The first-order valence-corrected chi connectivity index (χ1v) is 10.8. The van der Waals surface area contributed by atoms with Crippen LogP contribution in [0.5, 0.6) is 0 Å². The smallest absolute Gasteiger partial charge is 0.149 e. The Hall–Kier alpha value is -1.34. The summed E-state index contributed by atoms with van der Waals surface area (Å²) < 4.78 is 15.6. The van der Waals surface area contributed by atoms with Gasteiger partial charge >= 0.3 is 0 Å². The number of nitrogens with one attached hydrogen (secondary N) is 2. The summed E-state index contributed by atoms with van der Waals surface area (Å²) in [5.41, 5.74) is 2.77. The van der Waals surface area contributed by atoms with Gasteiger partial charge < -0.3 is 9.87 Å². The minimum absolute atomic E-state index is 0.00102. The van der Waals surface area contributed by atoms with E-state index in [-0.39, 0.29) is 10.8 Å². The van der Waals surface area contributed by atoms with E-state index in [0.717, 1.165) is 29.8 Å². The van der Waals surface area contributed by atoms with Crippen molar-refractivity contribution in [3.63, 3.8) is 0 Å². The van der Waals surface area contributed by atoms with Crippen molar-refractivity contribution in [3.8, 4) is 0 Å². The summed E-state index contributed by atoms with van der Waals surface area (Å²) in [5.74, 6) is 1.06. The first-order chi connectivity index (χ1) is 12.7. The zero-order valence-corrected chi connectivity index (χ0v) is 17.8. The van der Waals surface area contributed by atoms with E-state index in [1.54, 1.807) is 6.20 Å². The zero-order valence-electron chi connectivity index (χ0n) is 16.3. The van der Waals surface area contributed by atoms with Gasteiger partial charge in [-0.1, -0.05) is 18.0 Å². The number of hydrogen-bond acceptors (Lipinski definition) is 5. The molecule has 1 aliphatic carbocycles.